The minimum absolute atomic E-state index is 0. The maximum Gasteiger partial charge on any atom is 0.409 e. The number of carbonyl (C=O) groups excluding carboxylic acids is 2. The Bertz CT molecular complexity index is 739. The number of likely N-dealkylation sites (N-methyl/N-ethyl adjacent to an activating group) is 1. The molecule has 1 aliphatic heterocycles. The van der Waals surface area contributed by atoms with Crippen molar-refractivity contribution in [3.63, 3.8) is 0 Å². The summed E-state index contributed by atoms with van der Waals surface area (Å²) in [7, 11) is 5.53. The molecule has 1 fully saturated rings. The number of halogens is 1. The highest BCUT2D eigenvalue weighted by molar-refractivity contribution is 14.0. The molecular weight excluding hydrogens is 535 g/mol. The van der Waals surface area contributed by atoms with Crippen LogP contribution in [0.4, 0.5) is 10.5 Å². The summed E-state index contributed by atoms with van der Waals surface area (Å²) in [4.78, 5) is 33.9. The van der Waals surface area contributed by atoms with Gasteiger partial charge in [-0.15, -0.1) is 24.0 Å². The number of amides is 2. The van der Waals surface area contributed by atoms with Crippen LogP contribution in [0.3, 0.4) is 0 Å². The van der Waals surface area contributed by atoms with Crippen molar-refractivity contribution in [3.8, 4) is 0 Å². The van der Waals surface area contributed by atoms with Crippen LogP contribution in [0.25, 0.3) is 0 Å². The van der Waals surface area contributed by atoms with Crippen LogP contribution in [0.5, 0.6) is 0 Å². The number of nitrogens with one attached hydrogen (secondary N) is 2. The molecule has 0 unspecified atom stereocenters. The average molecular weight is 575 g/mol. The first kappa shape index (κ1) is 28.8. The number of aliphatic imine (C=N–C) groups is 1. The third-order valence-corrected chi connectivity index (χ3v) is 5.39. The second-order valence-electron chi connectivity index (χ2n) is 8.10. The molecule has 0 radical (unpaired) electrons. The van der Waals surface area contributed by atoms with Crippen LogP contribution in [0.2, 0.25) is 0 Å². The number of anilines is 1. The topological polar surface area (TPSA) is 89.5 Å². The molecule has 0 aromatic heterocycles. The number of piperidine rings is 1. The van der Waals surface area contributed by atoms with E-state index in [0.29, 0.717) is 25.7 Å². The van der Waals surface area contributed by atoms with Gasteiger partial charge in [-0.05, 0) is 38.3 Å². The molecule has 9 nitrogen and oxygen atoms in total. The molecule has 0 aliphatic carbocycles. The lowest BCUT2D eigenvalue weighted by atomic mass is 10.1. The van der Waals surface area contributed by atoms with Crippen LogP contribution in [0, 0.1) is 0 Å². The molecule has 33 heavy (non-hydrogen) atoms. The minimum Gasteiger partial charge on any atom is -0.450 e. The molecule has 10 heteroatoms. The molecule has 2 N–H and O–H groups in total. The van der Waals surface area contributed by atoms with Gasteiger partial charge in [0.25, 0.3) is 0 Å². The third-order valence-electron chi connectivity index (χ3n) is 5.39. The summed E-state index contributed by atoms with van der Waals surface area (Å²) in [5.74, 6) is 0.587. The number of benzene rings is 1. The van der Waals surface area contributed by atoms with Gasteiger partial charge in [-0.3, -0.25) is 4.79 Å². The van der Waals surface area contributed by atoms with E-state index in [0.717, 1.165) is 32.4 Å². The number of nitrogens with zero attached hydrogens (tertiary/aromatic N) is 4. The maximum absolute atomic E-state index is 12.0. The van der Waals surface area contributed by atoms with Gasteiger partial charge in [0.15, 0.2) is 5.96 Å². The Kier molecular flexibility index (Phi) is 13.6. The molecule has 0 saturated carbocycles. The van der Waals surface area contributed by atoms with Gasteiger partial charge in [0.05, 0.1) is 6.61 Å². The van der Waals surface area contributed by atoms with Crippen molar-refractivity contribution in [2.75, 3.05) is 65.4 Å². The Morgan fingerprint density at radius 3 is 2.42 bits per heavy atom. The van der Waals surface area contributed by atoms with Crippen molar-refractivity contribution in [3.05, 3.63) is 30.3 Å². The van der Waals surface area contributed by atoms with E-state index in [2.05, 4.69) is 39.7 Å². The summed E-state index contributed by atoms with van der Waals surface area (Å²) in [6, 6.07) is 10.5. The molecule has 1 heterocycles. The molecule has 2 amide bonds. The fourth-order valence-corrected chi connectivity index (χ4v) is 3.39. The summed E-state index contributed by atoms with van der Waals surface area (Å²) in [5.41, 5.74) is 1.18. The monoisotopic (exact) mass is 574 g/mol. The summed E-state index contributed by atoms with van der Waals surface area (Å²) >= 11 is 0. The van der Waals surface area contributed by atoms with Crippen molar-refractivity contribution in [2.24, 2.45) is 4.99 Å². The van der Waals surface area contributed by atoms with Crippen molar-refractivity contribution in [2.45, 2.75) is 32.2 Å². The van der Waals surface area contributed by atoms with E-state index >= 15 is 0 Å². The zero-order chi connectivity index (χ0) is 23.3. The first-order valence-electron chi connectivity index (χ1n) is 11.3. The third kappa shape index (κ3) is 10.5. The Balaban J connectivity index is 0.00000544. The predicted octanol–water partition coefficient (Wildman–Crippen LogP) is 2.38. The number of carbonyl (C=O) groups is 2. The van der Waals surface area contributed by atoms with Crippen LogP contribution in [-0.2, 0) is 9.53 Å². The van der Waals surface area contributed by atoms with Crippen molar-refractivity contribution in [1.29, 1.82) is 0 Å². The zero-order valence-electron chi connectivity index (χ0n) is 20.2. The minimum atomic E-state index is -0.253. The Labute approximate surface area is 214 Å². The van der Waals surface area contributed by atoms with E-state index < -0.39 is 0 Å². The number of guanidine groups is 1. The second-order valence-corrected chi connectivity index (χ2v) is 8.10. The van der Waals surface area contributed by atoms with Gasteiger partial charge in [0, 0.05) is 59.1 Å². The van der Waals surface area contributed by atoms with Gasteiger partial charge in [-0.25, -0.2) is 9.79 Å². The Morgan fingerprint density at radius 1 is 1.15 bits per heavy atom. The van der Waals surface area contributed by atoms with Crippen LogP contribution in [0.1, 0.15) is 26.2 Å². The lowest BCUT2D eigenvalue weighted by Gasteiger charge is -2.32. The average Bonchev–Trinajstić information content (AvgIpc) is 2.80. The van der Waals surface area contributed by atoms with E-state index in [1.807, 2.05) is 25.1 Å². The molecule has 0 atom stereocenters. The van der Waals surface area contributed by atoms with Crippen molar-refractivity contribution >= 4 is 47.6 Å². The molecule has 0 bridgehead atoms. The van der Waals surface area contributed by atoms with E-state index in [-0.39, 0.29) is 48.6 Å². The number of hydrogen-bond acceptors (Lipinski definition) is 5. The standard InChI is InChI=1S/C23H38N6O3.HI/c1-5-32-23(31)29-16-12-19(13-17-29)26-22(25-18-21(30)27(2)3)24-14-9-15-28(4)20-10-7-6-8-11-20;/h6-8,10-11,19H,5,9,12-18H2,1-4H3,(H2,24,25,26);1H. The zero-order valence-corrected chi connectivity index (χ0v) is 22.6. The van der Waals surface area contributed by atoms with Gasteiger partial charge >= 0.3 is 6.09 Å². The summed E-state index contributed by atoms with van der Waals surface area (Å²) in [5, 5.41) is 6.80. The van der Waals surface area contributed by atoms with Gasteiger partial charge in [0.2, 0.25) is 5.91 Å². The normalized spacial score (nSPS) is 14.2. The first-order chi connectivity index (χ1) is 15.4. The maximum atomic E-state index is 12.0. The fourth-order valence-electron chi connectivity index (χ4n) is 3.39. The molecule has 2 rings (SSSR count). The second kappa shape index (κ2) is 15.6. The largest absolute Gasteiger partial charge is 0.450 e. The number of para-hydroxylation sites is 1. The lowest BCUT2D eigenvalue weighted by Crippen LogP contribution is -2.50. The number of rotatable bonds is 9. The molecule has 1 aromatic carbocycles. The van der Waals surface area contributed by atoms with Crippen LogP contribution in [0.15, 0.2) is 35.3 Å². The number of likely N-dealkylation sites (tertiary alicyclic amines) is 1. The highest BCUT2D eigenvalue weighted by atomic mass is 127. The van der Waals surface area contributed by atoms with E-state index in [1.165, 1.54) is 10.6 Å². The molecule has 1 aromatic rings. The van der Waals surface area contributed by atoms with Crippen LogP contribution in [-0.4, -0.2) is 94.3 Å². The quantitative estimate of drug-likeness (QED) is 0.204. The van der Waals surface area contributed by atoms with Gasteiger partial charge in [0.1, 0.15) is 6.54 Å². The predicted molar refractivity (Wildman–Crippen MR) is 143 cm³/mol. The van der Waals surface area contributed by atoms with Crippen molar-refractivity contribution in [1.82, 2.24) is 20.4 Å². The van der Waals surface area contributed by atoms with Crippen molar-refractivity contribution < 1.29 is 14.3 Å². The summed E-state index contributed by atoms with van der Waals surface area (Å²) < 4.78 is 5.09. The van der Waals surface area contributed by atoms with E-state index in [9.17, 15) is 9.59 Å². The van der Waals surface area contributed by atoms with E-state index in [4.69, 9.17) is 4.74 Å². The number of ether oxygens (including phenoxy) is 1. The van der Waals surface area contributed by atoms with Crippen LogP contribution >= 0.6 is 24.0 Å². The smallest absolute Gasteiger partial charge is 0.409 e. The fraction of sp³-hybridized carbons (Fsp3) is 0.609. The summed E-state index contributed by atoms with van der Waals surface area (Å²) in [6.45, 7) is 5.21. The molecule has 186 valence electrons. The van der Waals surface area contributed by atoms with Gasteiger partial charge in [-0.1, -0.05) is 18.2 Å². The molecule has 1 aliphatic rings. The Morgan fingerprint density at radius 2 is 1.82 bits per heavy atom. The van der Waals surface area contributed by atoms with Crippen LogP contribution < -0.4 is 15.5 Å². The molecule has 1 saturated heterocycles. The van der Waals surface area contributed by atoms with Gasteiger partial charge in [-0.2, -0.15) is 0 Å². The SMILES string of the molecule is CCOC(=O)N1CCC(NC(=NCC(=O)N(C)C)NCCCN(C)c2ccccc2)CC1.I. The highest BCUT2D eigenvalue weighted by Gasteiger charge is 2.24. The highest BCUT2D eigenvalue weighted by Crippen LogP contribution is 2.12. The Hall–Kier alpha value is -2.24. The van der Waals surface area contributed by atoms with Gasteiger partial charge < -0.3 is 30.1 Å². The summed E-state index contributed by atoms with van der Waals surface area (Å²) in [6.07, 6.45) is 2.28. The van der Waals surface area contributed by atoms with E-state index in [1.54, 1.807) is 19.0 Å². The number of hydrogen-bond donors (Lipinski definition) is 2. The lowest BCUT2D eigenvalue weighted by molar-refractivity contribution is -0.127. The molecule has 0 spiro atoms. The first-order valence-corrected chi connectivity index (χ1v) is 11.3. The molecular formula is C23H39IN6O3.